The van der Waals surface area contributed by atoms with E-state index < -0.39 is 6.10 Å². The largest absolute Gasteiger partial charge is 0.489 e. The lowest BCUT2D eigenvalue weighted by atomic mass is 9.98. The van der Waals surface area contributed by atoms with Crippen LogP contribution in [0.15, 0.2) is 48.5 Å². The Kier molecular flexibility index (Phi) is 9.96. The maximum atomic E-state index is 12.3. The van der Waals surface area contributed by atoms with Gasteiger partial charge in [0.05, 0.1) is 5.56 Å². The standard InChI is InChI=1S/C21H27NO3.ClH/c1-3-13-22-14-17(23)15-25-21-18(16-9-6-5-7-10-16)11-8-12-19(21)20(24)4-2;/h5-12,17,22-23H,3-4,13-15H2,1-2H3;1H. The fourth-order valence-electron chi connectivity index (χ4n) is 2.63. The molecule has 0 heterocycles. The number of nitrogens with one attached hydrogen (secondary N) is 1. The van der Waals surface area contributed by atoms with Crippen molar-refractivity contribution in [2.24, 2.45) is 0 Å². The monoisotopic (exact) mass is 377 g/mol. The number of ether oxygens (including phenoxy) is 1. The average Bonchev–Trinajstić information content (AvgIpc) is 2.66. The van der Waals surface area contributed by atoms with Crippen LogP contribution in [0.1, 0.15) is 37.0 Å². The molecule has 142 valence electrons. The van der Waals surface area contributed by atoms with E-state index in [1.807, 2.05) is 49.4 Å². The van der Waals surface area contributed by atoms with E-state index in [0.717, 1.165) is 24.1 Å². The van der Waals surface area contributed by atoms with Gasteiger partial charge in [0.2, 0.25) is 0 Å². The van der Waals surface area contributed by atoms with E-state index in [-0.39, 0.29) is 24.8 Å². The number of aliphatic hydroxyl groups excluding tert-OH is 1. The highest BCUT2D eigenvalue weighted by molar-refractivity contribution is 6.00. The number of halogens is 1. The topological polar surface area (TPSA) is 58.6 Å². The summed E-state index contributed by atoms with van der Waals surface area (Å²) in [6.07, 6.45) is 0.800. The predicted molar refractivity (Wildman–Crippen MR) is 108 cm³/mol. The number of carbonyl (C=O) groups is 1. The summed E-state index contributed by atoms with van der Waals surface area (Å²) in [5.74, 6) is 0.585. The van der Waals surface area contributed by atoms with Crippen LogP contribution < -0.4 is 10.1 Å². The van der Waals surface area contributed by atoms with Crippen LogP contribution >= 0.6 is 12.4 Å². The van der Waals surface area contributed by atoms with E-state index in [1.165, 1.54) is 0 Å². The van der Waals surface area contributed by atoms with E-state index in [4.69, 9.17) is 4.74 Å². The Morgan fingerprint density at radius 2 is 1.85 bits per heavy atom. The molecular weight excluding hydrogens is 350 g/mol. The minimum atomic E-state index is -0.625. The number of aliphatic hydroxyl groups is 1. The maximum absolute atomic E-state index is 12.3. The second-order valence-corrected chi connectivity index (χ2v) is 5.99. The van der Waals surface area contributed by atoms with Crippen molar-refractivity contribution in [1.82, 2.24) is 5.32 Å². The molecule has 1 unspecified atom stereocenters. The quantitative estimate of drug-likeness (QED) is 0.483. The van der Waals surface area contributed by atoms with Crippen LogP contribution in [0, 0.1) is 0 Å². The molecule has 0 spiro atoms. The van der Waals surface area contributed by atoms with Crippen LogP contribution in [0.2, 0.25) is 0 Å². The third-order valence-corrected chi connectivity index (χ3v) is 3.95. The van der Waals surface area contributed by atoms with Crippen molar-refractivity contribution < 1.29 is 14.6 Å². The van der Waals surface area contributed by atoms with Gasteiger partial charge in [-0.05, 0) is 24.6 Å². The molecule has 5 heteroatoms. The number of hydrogen-bond donors (Lipinski definition) is 2. The van der Waals surface area contributed by atoms with Crippen molar-refractivity contribution in [1.29, 1.82) is 0 Å². The first kappa shape index (κ1) is 22.2. The van der Waals surface area contributed by atoms with Gasteiger partial charge in [-0.25, -0.2) is 0 Å². The minimum Gasteiger partial charge on any atom is -0.489 e. The molecule has 0 saturated heterocycles. The van der Waals surface area contributed by atoms with Gasteiger partial charge in [-0.1, -0.05) is 56.3 Å². The van der Waals surface area contributed by atoms with Crippen molar-refractivity contribution in [2.75, 3.05) is 19.7 Å². The normalized spacial score (nSPS) is 11.5. The zero-order valence-corrected chi connectivity index (χ0v) is 16.2. The molecule has 2 aromatic rings. The number of benzene rings is 2. The molecule has 2 rings (SSSR count). The van der Waals surface area contributed by atoms with Gasteiger partial charge in [0.1, 0.15) is 18.5 Å². The predicted octanol–water partition coefficient (Wildman–Crippen LogP) is 4.11. The molecule has 0 aliphatic rings. The Morgan fingerprint density at radius 1 is 1.12 bits per heavy atom. The highest BCUT2D eigenvalue weighted by Crippen LogP contribution is 2.34. The molecule has 0 radical (unpaired) electrons. The molecule has 26 heavy (non-hydrogen) atoms. The van der Waals surface area contributed by atoms with Crippen molar-refractivity contribution in [3.8, 4) is 16.9 Å². The van der Waals surface area contributed by atoms with Gasteiger partial charge >= 0.3 is 0 Å². The summed E-state index contributed by atoms with van der Waals surface area (Å²) in [6, 6.07) is 15.4. The van der Waals surface area contributed by atoms with Gasteiger partial charge in [-0.2, -0.15) is 0 Å². The number of carbonyl (C=O) groups excluding carboxylic acids is 1. The van der Waals surface area contributed by atoms with E-state index in [9.17, 15) is 9.90 Å². The van der Waals surface area contributed by atoms with Gasteiger partial charge in [0, 0.05) is 18.5 Å². The highest BCUT2D eigenvalue weighted by atomic mass is 35.5. The second-order valence-electron chi connectivity index (χ2n) is 5.99. The second kappa shape index (κ2) is 11.7. The van der Waals surface area contributed by atoms with Crippen LogP contribution in [0.3, 0.4) is 0 Å². The first-order valence-corrected chi connectivity index (χ1v) is 8.90. The first-order valence-electron chi connectivity index (χ1n) is 8.90. The van der Waals surface area contributed by atoms with E-state index in [2.05, 4.69) is 12.2 Å². The summed E-state index contributed by atoms with van der Waals surface area (Å²) in [5.41, 5.74) is 2.42. The van der Waals surface area contributed by atoms with Crippen molar-refractivity contribution in [3.05, 3.63) is 54.1 Å². The van der Waals surface area contributed by atoms with Gasteiger partial charge in [0.25, 0.3) is 0 Å². The lowest BCUT2D eigenvalue weighted by Crippen LogP contribution is -2.32. The number of hydrogen-bond acceptors (Lipinski definition) is 4. The molecule has 0 fully saturated rings. The van der Waals surface area contributed by atoms with E-state index in [0.29, 0.717) is 24.3 Å². The molecule has 0 bridgehead atoms. The molecular formula is C21H28ClNO3. The van der Waals surface area contributed by atoms with Crippen LogP contribution in [0.4, 0.5) is 0 Å². The van der Waals surface area contributed by atoms with E-state index >= 15 is 0 Å². The number of para-hydroxylation sites is 1. The first-order chi connectivity index (χ1) is 12.2. The molecule has 2 aromatic carbocycles. The zero-order chi connectivity index (χ0) is 18.1. The molecule has 0 aliphatic carbocycles. The molecule has 0 aromatic heterocycles. The lowest BCUT2D eigenvalue weighted by molar-refractivity contribution is 0.0956. The zero-order valence-electron chi connectivity index (χ0n) is 15.4. The summed E-state index contributed by atoms with van der Waals surface area (Å²) < 4.78 is 5.93. The smallest absolute Gasteiger partial charge is 0.166 e. The SMILES string of the molecule is CCCNCC(O)COc1c(C(=O)CC)cccc1-c1ccccc1.Cl. The van der Waals surface area contributed by atoms with Gasteiger partial charge in [-0.15, -0.1) is 12.4 Å². The Morgan fingerprint density at radius 3 is 2.50 bits per heavy atom. The summed E-state index contributed by atoms with van der Waals surface area (Å²) in [5, 5.41) is 13.3. The van der Waals surface area contributed by atoms with Crippen molar-refractivity contribution in [2.45, 2.75) is 32.8 Å². The van der Waals surface area contributed by atoms with E-state index in [1.54, 1.807) is 6.07 Å². The van der Waals surface area contributed by atoms with Crippen LogP contribution in [-0.4, -0.2) is 36.7 Å². The summed E-state index contributed by atoms with van der Waals surface area (Å²) in [7, 11) is 0. The third-order valence-electron chi connectivity index (χ3n) is 3.95. The lowest BCUT2D eigenvalue weighted by Gasteiger charge is -2.18. The Balaban J connectivity index is 0.00000338. The number of ketones is 1. The molecule has 0 aliphatic heterocycles. The summed E-state index contributed by atoms with van der Waals surface area (Å²) >= 11 is 0. The fourth-order valence-corrected chi connectivity index (χ4v) is 2.63. The van der Waals surface area contributed by atoms with Crippen LogP contribution in [-0.2, 0) is 0 Å². The summed E-state index contributed by atoms with van der Waals surface area (Å²) in [6.45, 7) is 5.39. The molecule has 2 N–H and O–H groups in total. The Bertz CT molecular complexity index is 676. The van der Waals surface area contributed by atoms with Crippen LogP contribution in [0.5, 0.6) is 5.75 Å². The number of rotatable bonds is 10. The Hall–Kier alpha value is -1.88. The van der Waals surface area contributed by atoms with Crippen molar-refractivity contribution in [3.63, 3.8) is 0 Å². The summed E-state index contributed by atoms with van der Waals surface area (Å²) in [4.78, 5) is 12.3. The number of Topliss-reactive ketones (excluding diaryl/α,β-unsaturated/α-hetero) is 1. The average molecular weight is 378 g/mol. The van der Waals surface area contributed by atoms with Crippen LogP contribution in [0.25, 0.3) is 11.1 Å². The van der Waals surface area contributed by atoms with Gasteiger partial charge in [-0.3, -0.25) is 4.79 Å². The fraction of sp³-hybridized carbons (Fsp3) is 0.381. The molecule has 0 saturated carbocycles. The molecule has 0 amide bonds. The van der Waals surface area contributed by atoms with Gasteiger partial charge in [0.15, 0.2) is 5.78 Å². The van der Waals surface area contributed by atoms with Gasteiger partial charge < -0.3 is 15.2 Å². The van der Waals surface area contributed by atoms with Crippen molar-refractivity contribution >= 4 is 18.2 Å². The minimum absolute atomic E-state index is 0. The molecule has 1 atom stereocenters. The third kappa shape index (κ3) is 6.13. The Labute approximate surface area is 162 Å². The maximum Gasteiger partial charge on any atom is 0.166 e. The molecule has 4 nitrogen and oxygen atoms in total. The highest BCUT2D eigenvalue weighted by Gasteiger charge is 2.17.